The summed E-state index contributed by atoms with van der Waals surface area (Å²) in [6, 6.07) is 9.80. The second kappa shape index (κ2) is 14.0. The van der Waals surface area contributed by atoms with Crippen molar-refractivity contribution in [3.05, 3.63) is 45.3 Å². The molecule has 1 saturated carbocycles. The highest BCUT2D eigenvalue weighted by atomic mass is 127. The van der Waals surface area contributed by atoms with Crippen LogP contribution in [0.25, 0.3) is 16.7 Å². The van der Waals surface area contributed by atoms with E-state index < -0.39 is 16.1 Å². The molecule has 2 aromatic heterocycles. The molecule has 46 heavy (non-hydrogen) atoms. The molecule has 5 heterocycles. The Labute approximate surface area is 283 Å². The van der Waals surface area contributed by atoms with Crippen LogP contribution in [0.5, 0.6) is 5.75 Å². The Bertz CT molecular complexity index is 1660. The molecular weight excluding hydrogens is 723 g/mol. The number of benzene rings is 1. The molecule has 0 radical (unpaired) electrons. The minimum absolute atomic E-state index is 0.0199. The van der Waals surface area contributed by atoms with Gasteiger partial charge in [0.1, 0.15) is 11.4 Å². The quantitative estimate of drug-likeness (QED) is 0.323. The average molecular weight is 765 g/mol. The molecule has 3 saturated heterocycles. The number of fused-ring (bicyclic) bond motifs is 1. The van der Waals surface area contributed by atoms with E-state index in [1.165, 1.54) is 4.31 Å². The Kier molecular flexibility index (Phi) is 9.80. The summed E-state index contributed by atoms with van der Waals surface area (Å²) >= 11 is 2.28. The number of amides is 1. The number of nitrogens with zero attached hydrogens (tertiary/aromatic N) is 5. The molecule has 4 fully saturated rings. The number of ether oxygens (including phenoxy) is 3. The summed E-state index contributed by atoms with van der Waals surface area (Å²) in [7, 11) is -4.08. The largest absolute Gasteiger partial charge is 0.492 e. The van der Waals surface area contributed by atoms with Gasteiger partial charge in [0.2, 0.25) is 0 Å². The third-order valence-corrected chi connectivity index (χ3v) is 12.2. The molecule has 248 valence electrons. The van der Waals surface area contributed by atoms with E-state index in [1.54, 1.807) is 10.7 Å². The van der Waals surface area contributed by atoms with Crippen LogP contribution in [-0.4, -0.2) is 104 Å². The van der Waals surface area contributed by atoms with E-state index in [-0.39, 0.29) is 11.6 Å². The molecule has 0 unspecified atom stereocenters. The Morgan fingerprint density at radius 1 is 0.978 bits per heavy atom. The summed E-state index contributed by atoms with van der Waals surface area (Å²) in [5.74, 6) is 0.336. The van der Waals surface area contributed by atoms with Crippen molar-refractivity contribution in [2.45, 2.75) is 56.9 Å². The zero-order valence-electron chi connectivity index (χ0n) is 25.9. The van der Waals surface area contributed by atoms with Crippen LogP contribution in [0, 0.1) is 9.49 Å². The van der Waals surface area contributed by atoms with Gasteiger partial charge in [0.15, 0.2) is 5.65 Å². The van der Waals surface area contributed by atoms with Gasteiger partial charge in [-0.1, -0.05) is 18.6 Å². The first-order valence-electron chi connectivity index (χ1n) is 16.4. The maximum Gasteiger partial charge on any atom is 0.304 e. The van der Waals surface area contributed by atoms with E-state index in [0.717, 1.165) is 65.5 Å². The van der Waals surface area contributed by atoms with Crippen molar-refractivity contribution in [1.29, 1.82) is 0 Å². The Balaban J connectivity index is 1.19. The number of nitrogens with one attached hydrogen (secondary N) is 1. The minimum Gasteiger partial charge on any atom is -0.492 e. The number of morpholine rings is 1. The van der Waals surface area contributed by atoms with Gasteiger partial charge in [-0.2, -0.15) is 17.8 Å². The number of pyridine rings is 1. The highest BCUT2D eigenvalue weighted by Crippen LogP contribution is 2.43. The van der Waals surface area contributed by atoms with Crippen LogP contribution in [0.2, 0.25) is 0 Å². The average Bonchev–Trinajstić information content (AvgIpc) is 3.42. The number of hydrogen-bond acceptors (Lipinski definition) is 9. The lowest BCUT2D eigenvalue weighted by atomic mass is 9.82. The standard InChI is InChI=1S/C32H41IN6O6S/c33-25-6-1-2-7-27(25)39-31-29(30(35-39)23-4-3-5-23)28(45-21-22-10-16-43-17-11-22)20-26(34-31)32(40)36-46(41,42)38-12-8-24(9-13-38)37-14-18-44-19-15-37/h1-2,6-7,20,22-24H,3-5,8-19,21H2,(H,36,40). The Hall–Kier alpha value is -2.37. The fourth-order valence-corrected chi connectivity index (χ4v) is 8.62. The van der Waals surface area contributed by atoms with Crippen LogP contribution in [-0.2, 0) is 19.7 Å². The molecule has 0 spiro atoms. The molecule has 1 amide bonds. The third kappa shape index (κ3) is 6.79. The highest BCUT2D eigenvalue weighted by molar-refractivity contribution is 14.1. The predicted octanol–water partition coefficient (Wildman–Crippen LogP) is 3.87. The number of hydrogen-bond donors (Lipinski definition) is 1. The fraction of sp³-hybridized carbons (Fsp3) is 0.594. The van der Waals surface area contributed by atoms with E-state index in [4.69, 9.17) is 24.3 Å². The van der Waals surface area contributed by atoms with Crippen molar-refractivity contribution in [2.24, 2.45) is 5.92 Å². The minimum atomic E-state index is -4.08. The number of aromatic nitrogens is 3. The lowest BCUT2D eigenvalue weighted by molar-refractivity contribution is 0.00604. The van der Waals surface area contributed by atoms with Gasteiger partial charge in [0, 0.05) is 61.0 Å². The van der Waals surface area contributed by atoms with Crippen LogP contribution in [0.1, 0.15) is 67.0 Å². The molecule has 14 heteroatoms. The molecule has 1 aliphatic carbocycles. The summed E-state index contributed by atoms with van der Waals surface area (Å²) in [5, 5.41) is 5.86. The molecule has 3 aromatic rings. The van der Waals surface area contributed by atoms with Crippen molar-refractivity contribution >= 4 is 49.7 Å². The topological polar surface area (TPSA) is 128 Å². The van der Waals surface area contributed by atoms with Crippen LogP contribution in [0.15, 0.2) is 30.3 Å². The van der Waals surface area contributed by atoms with Gasteiger partial charge < -0.3 is 14.2 Å². The van der Waals surface area contributed by atoms with Gasteiger partial charge in [-0.15, -0.1) is 0 Å². The SMILES string of the molecule is O=C(NS(=O)(=O)N1CCC(N2CCOCC2)CC1)c1cc(OCC2CCOCC2)c2c(C3CCC3)nn(-c3ccccc3I)c2n1. The molecule has 0 bridgehead atoms. The van der Waals surface area contributed by atoms with Crippen LogP contribution < -0.4 is 9.46 Å². The first kappa shape index (κ1) is 32.2. The first-order valence-corrected chi connectivity index (χ1v) is 18.9. The summed E-state index contributed by atoms with van der Waals surface area (Å²) in [5.41, 5.74) is 2.23. The molecule has 3 aliphatic heterocycles. The predicted molar refractivity (Wildman–Crippen MR) is 181 cm³/mol. The third-order valence-electron chi connectivity index (χ3n) is 9.80. The molecular formula is C32H41IN6O6S. The van der Waals surface area contributed by atoms with E-state index in [9.17, 15) is 13.2 Å². The van der Waals surface area contributed by atoms with Crippen molar-refractivity contribution in [2.75, 3.05) is 59.2 Å². The lowest BCUT2D eigenvalue weighted by Crippen LogP contribution is -2.52. The Morgan fingerprint density at radius 2 is 1.70 bits per heavy atom. The number of rotatable bonds is 9. The molecule has 1 N–H and O–H groups in total. The fourth-order valence-electron chi connectivity index (χ4n) is 6.84. The molecule has 4 aliphatic rings. The molecule has 1 aromatic carbocycles. The molecule has 7 rings (SSSR count). The van der Waals surface area contributed by atoms with Gasteiger partial charge in [-0.25, -0.2) is 14.4 Å². The lowest BCUT2D eigenvalue weighted by Gasteiger charge is -2.39. The van der Waals surface area contributed by atoms with Gasteiger partial charge in [0.25, 0.3) is 5.91 Å². The maximum absolute atomic E-state index is 13.7. The number of piperidine rings is 1. The first-order chi connectivity index (χ1) is 22.4. The van der Waals surface area contributed by atoms with Crippen LogP contribution in [0.3, 0.4) is 0 Å². The van der Waals surface area contributed by atoms with Crippen molar-refractivity contribution in [3.8, 4) is 11.4 Å². The zero-order chi connectivity index (χ0) is 31.7. The van der Waals surface area contributed by atoms with Crippen molar-refractivity contribution < 1.29 is 27.4 Å². The van der Waals surface area contributed by atoms with Gasteiger partial charge in [-0.05, 0) is 79.2 Å². The van der Waals surface area contributed by atoms with Crippen LogP contribution in [0.4, 0.5) is 0 Å². The van der Waals surface area contributed by atoms with Crippen molar-refractivity contribution in [1.82, 2.24) is 28.7 Å². The van der Waals surface area contributed by atoms with Gasteiger partial charge in [0.05, 0.1) is 36.6 Å². The summed E-state index contributed by atoms with van der Waals surface area (Å²) in [4.78, 5) is 20.9. The number of carbonyl (C=O) groups excluding carboxylic acids is 1. The normalized spacial score (nSPS) is 21.3. The Morgan fingerprint density at radius 3 is 2.39 bits per heavy atom. The van der Waals surface area contributed by atoms with E-state index >= 15 is 0 Å². The van der Waals surface area contributed by atoms with Gasteiger partial charge >= 0.3 is 10.2 Å². The summed E-state index contributed by atoms with van der Waals surface area (Å²) in [6.45, 7) is 5.71. The summed E-state index contributed by atoms with van der Waals surface area (Å²) < 4.78 is 50.9. The smallest absolute Gasteiger partial charge is 0.304 e. The monoisotopic (exact) mass is 764 g/mol. The maximum atomic E-state index is 13.7. The van der Waals surface area contributed by atoms with Gasteiger partial charge in [-0.3, -0.25) is 9.69 Å². The summed E-state index contributed by atoms with van der Waals surface area (Å²) in [6.07, 6.45) is 6.42. The molecule has 12 nitrogen and oxygen atoms in total. The van der Waals surface area contributed by atoms with E-state index in [1.807, 2.05) is 24.3 Å². The highest BCUT2D eigenvalue weighted by Gasteiger charge is 2.34. The van der Waals surface area contributed by atoms with E-state index in [2.05, 4.69) is 32.2 Å². The van der Waals surface area contributed by atoms with E-state index in [0.29, 0.717) is 82.3 Å². The van der Waals surface area contributed by atoms with Crippen molar-refractivity contribution in [3.63, 3.8) is 0 Å². The zero-order valence-corrected chi connectivity index (χ0v) is 28.9. The second-order valence-corrected chi connectivity index (χ2v) is 15.5. The molecule has 0 atom stereocenters. The van der Waals surface area contributed by atoms with Crippen LogP contribution >= 0.6 is 22.6 Å². The number of para-hydroxylation sites is 1. The number of halogens is 1. The number of carbonyl (C=O) groups is 1. The second-order valence-electron chi connectivity index (χ2n) is 12.7.